The quantitative estimate of drug-likeness (QED) is 0.543. The molecule has 0 radical (unpaired) electrons. The van der Waals surface area contributed by atoms with Gasteiger partial charge in [-0.2, -0.15) is 4.98 Å². The highest BCUT2D eigenvalue weighted by atomic mass is 16.6. The van der Waals surface area contributed by atoms with Gasteiger partial charge in [0.05, 0.1) is 25.3 Å². The third-order valence-corrected chi connectivity index (χ3v) is 5.18. The first-order valence-electron chi connectivity index (χ1n) is 10.1. The summed E-state index contributed by atoms with van der Waals surface area (Å²) in [5.74, 6) is 0.824. The maximum Gasteiger partial charge on any atom is 0.254 e. The van der Waals surface area contributed by atoms with Crippen molar-refractivity contribution in [1.29, 1.82) is 0 Å². The van der Waals surface area contributed by atoms with E-state index in [9.17, 15) is 4.79 Å². The Labute approximate surface area is 180 Å². The van der Waals surface area contributed by atoms with Gasteiger partial charge in [-0.1, -0.05) is 52.8 Å². The Morgan fingerprint density at radius 1 is 1.13 bits per heavy atom. The van der Waals surface area contributed by atoms with E-state index in [0.717, 1.165) is 16.8 Å². The Balaban J connectivity index is 1.57. The summed E-state index contributed by atoms with van der Waals surface area (Å²) in [7, 11) is 3.11. The number of hydrogen-bond donors (Lipinski definition) is 0. The van der Waals surface area contributed by atoms with Crippen LogP contribution >= 0.6 is 0 Å². The molecule has 1 fully saturated rings. The molecule has 0 unspecified atom stereocenters. The molecule has 3 aromatic rings. The topological polar surface area (TPSA) is 90.1 Å². The van der Waals surface area contributed by atoms with Crippen LogP contribution in [0.5, 0.6) is 0 Å². The molecule has 2 heterocycles. The molecule has 0 bridgehead atoms. The van der Waals surface area contributed by atoms with Crippen LogP contribution in [0.1, 0.15) is 34.5 Å². The summed E-state index contributed by atoms with van der Waals surface area (Å²) in [5.41, 5.74) is 3.50. The van der Waals surface area contributed by atoms with Crippen LogP contribution in [0.3, 0.4) is 0 Å². The minimum atomic E-state index is -0.366. The number of oxime groups is 1. The van der Waals surface area contributed by atoms with Crippen molar-refractivity contribution >= 4 is 11.6 Å². The molecule has 1 atom stereocenters. The van der Waals surface area contributed by atoms with Gasteiger partial charge in [0, 0.05) is 19.1 Å². The lowest BCUT2D eigenvalue weighted by molar-refractivity contribution is 0.0732. The fraction of sp³-hybridized carbons (Fsp3) is 0.304. The zero-order chi connectivity index (χ0) is 21.6. The van der Waals surface area contributed by atoms with E-state index in [-0.39, 0.29) is 11.9 Å². The van der Waals surface area contributed by atoms with Gasteiger partial charge in [-0.3, -0.25) is 4.79 Å². The first kappa shape index (κ1) is 20.7. The molecule has 160 valence electrons. The van der Waals surface area contributed by atoms with Crippen molar-refractivity contribution in [3.63, 3.8) is 0 Å². The molecule has 8 nitrogen and oxygen atoms in total. The van der Waals surface area contributed by atoms with Crippen molar-refractivity contribution in [3.8, 4) is 11.1 Å². The van der Waals surface area contributed by atoms with E-state index < -0.39 is 0 Å². The van der Waals surface area contributed by atoms with Crippen LogP contribution < -0.4 is 0 Å². The van der Waals surface area contributed by atoms with Gasteiger partial charge in [0.2, 0.25) is 5.89 Å². The van der Waals surface area contributed by atoms with Crippen LogP contribution in [0, 0.1) is 0 Å². The largest absolute Gasteiger partial charge is 0.399 e. The lowest BCUT2D eigenvalue weighted by Gasteiger charge is -2.21. The van der Waals surface area contributed by atoms with Crippen molar-refractivity contribution in [1.82, 2.24) is 15.0 Å². The summed E-state index contributed by atoms with van der Waals surface area (Å²) in [5, 5.41) is 8.15. The highest BCUT2D eigenvalue weighted by molar-refractivity contribution is 6.00. The fourth-order valence-corrected chi connectivity index (χ4v) is 3.64. The monoisotopic (exact) mass is 420 g/mol. The summed E-state index contributed by atoms with van der Waals surface area (Å²) in [6, 6.07) is 17.3. The van der Waals surface area contributed by atoms with Crippen molar-refractivity contribution < 1.29 is 18.9 Å². The molecular weight excluding hydrogens is 396 g/mol. The van der Waals surface area contributed by atoms with E-state index in [1.807, 2.05) is 54.6 Å². The van der Waals surface area contributed by atoms with Crippen LogP contribution in [0.15, 0.2) is 64.3 Å². The van der Waals surface area contributed by atoms with Gasteiger partial charge in [0.25, 0.3) is 5.91 Å². The minimum absolute atomic E-state index is 0.117. The first-order chi connectivity index (χ1) is 15.2. The molecule has 0 aliphatic carbocycles. The van der Waals surface area contributed by atoms with Gasteiger partial charge < -0.3 is 19.0 Å². The van der Waals surface area contributed by atoms with E-state index in [2.05, 4.69) is 15.3 Å². The van der Waals surface area contributed by atoms with Gasteiger partial charge in [-0.05, 0) is 23.3 Å². The summed E-state index contributed by atoms with van der Waals surface area (Å²) in [4.78, 5) is 24.4. The summed E-state index contributed by atoms with van der Waals surface area (Å²) in [6.45, 7) is 0.832. The summed E-state index contributed by atoms with van der Waals surface area (Å²) in [6.07, 6.45) is 1.01. The van der Waals surface area contributed by atoms with E-state index in [4.69, 9.17) is 14.1 Å². The standard InChI is InChI=1S/C23H24N4O4/c1-29-13-12-21-24-22(26-31-21)20-14-19(25-30-2)15-27(20)23(28)18-10-8-17(9-11-18)16-6-4-3-5-7-16/h3-11,20H,12-15H2,1-2H3/b25-19+/t20-/m0/s1. The zero-order valence-corrected chi connectivity index (χ0v) is 17.5. The number of hydrogen-bond acceptors (Lipinski definition) is 7. The number of aromatic nitrogens is 2. The molecule has 0 N–H and O–H groups in total. The molecule has 0 saturated carbocycles. The second-order valence-electron chi connectivity index (χ2n) is 7.23. The second-order valence-corrected chi connectivity index (χ2v) is 7.23. The van der Waals surface area contributed by atoms with Gasteiger partial charge in [0.15, 0.2) is 5.82 Å². The normalized spacial score (nSPS) is 17.3. The van der Waals surface area contributed by atoms with E-state index >= 15 is 0 Å². The molecule has 0 spiro atoms. The Hall–Kier alpha value is -3.52. The average molecular weight is 420 g/mol. The lowest BCUT2D eigenvalue weighted by atomic mass is 10.0. The van der Waals surface area contributed by atoms with Gasteiger partial charge in [-0.15, -0.1) is 0 Å². The van der Waals surface area contributed by atoms with Gasteiger partial charge in [-0.25, -0.2) is 0 Å². The second kappa shape index (κ2) is 9.53. The molecule has 1 aliphatic heterocycles. The lowest BCUT2D eigenvalue weighted by Crippen LogP contribution is -2.31. The van der Waals surface area contributed by atoms with Crippen LogP contribution in [-0.4, -0.2) is 54.0 Å². The third-order valence-electron chi connectivity index (χ3n) is 5.18. The van der Waals surface area contributed by atoms with Crippen LogP contribution in [-0.2, 0) is 16.0 Å². The number of methoxy groups -OCH3 is 1. The molecule has 8 heteroatoms. The van der Waals surface area contributed by atoms with E-state index in [1.165, 1.54) is 7.11 Å². The number of benzene rings is 2. The predicted molar refractivity (Wildman–Crippen MR) is 115 cm³/mol. The Bertz CT molecular complexity index is 1050. The molecule has 31 heavy (non-hydrogen) atoms. The number of amides is 1. The Morgan fingerprint density at radius 2 is 1.87 bits per heavy atom. The summed E-state index contributed by atoms with van der Waals surface area (Å²) < 4.78 is 10.4. The van der Waals surface area contributed by atoms with Crippen molar-refractivity contribution in [3.05, 3.63) is 71.9 Å². The Kier molecular flexibility index (Phi) is 6.37. The van der Waals surface area contributed by atoms with Crippen molar-refractivity contribution in [2.45, 2.75) is 18.9 Å². The molecular formula is C23H24N4O4. The van der Waals surface area contributed by atoms with Gasteiger partial charge >= 0.3 is 0 Å². The maximum absolute atomic E-state index is 13.3. The molecule has 4 rings (SSSR count). The minimum Gasteiger partial charge on any atom is -0.399 e. The number of carbonyl (C=O) groups is 1. The smallest absolute Gasteiger partial charge is 0.254 e. The van der Waals surface area contributed by atoms with Gasteiger partial charge in [0.1, 0.15) is 13.2 Å². The first-order valence-corrected chi connectivity index (χ1v) is 10.1. The van der Waals surface area contributed by atoms with Crippen LogP contribution in [0.2, 0.25) is 0 Å². The maximum atomic E-state index is 13.3. The highest BCUT2D eigenvalue weighted by Crippen LogP contribution is 2.31. The fourth-order valence-electron chi connectivity index (χ4n) is 3.64. The van der Waals surface area contributed by atoms with E-state index in [0.29, 0.717) is 43.3 Å². The van der Waals surface area contributed by atoms with Crippen LogP contribution in [0.4, 0.5) is 0 Å². The van der Waals surface area contributed by atoms with E-state index in [1.54, 1.807) is 12.0 Å². The number of ether oxygens (including phenoxy) is 1. The highest BCUT2D eigenvalue weighted by Gasteiger charge is 2.37. The van der Waals surface area contributed by atoms with Crippen molar-refractivity contribution in [2.75, 3.05) is 27.4 Å². The predicted octanol–water partition coefficient (Wildman–Crippen LogP) is 3.52. The SMILES string of the molecule is COCCc1nc([C@@H]2C/C(=N\OC)CN2C(=O)c2ccc(-c3ccccc3)cc2)no1. The number of carbonyl (C=O) groups excluding carboxylic acids is 1. The molecule has 1 amide bonds. The number of rotatable bonds is 7. The zero-order valence-electron chi connectivity index (χ0n) is 17.5. The number of likely N-dealkylation sites (tertiary alicyclic amines) is 1. The molecule has 2 aromatic carbocycles. The summed E-state index contributed by atoms with van der Waals surface area (Å²) >= 11 is 0. The molecule has 1 aromatic heterocycles. The third kappa shape index (κ3) is 4.64. The average Bonchev–Trinajstić information content (AvgIpc) is 3.45. The van der Waals surface area contributed by atoms with Crippen LogP contribution in [0.25, 0.3) is 11.1 Å². The molecule has 1 aliphatic rings. The molecule has 1 saturated heterocycles. The number of nitrogens with zero attached hydrogens (tertiary/aromatic N) is 4. The van der Waals surface area contributed by atoms with Crippen molar-refractivity contribution in [2.24, 2.45) is 5.16 Å². The Morgan fingerprint density at radius 3 is 2.58 bits per heavy atom.